The molecule has 8 atom stereocenters. The molecule has 0 radical (unpaired) electrons. The van der Waals surface area contributed by atoms with Crippen LogP contribution in [0.15, 0.2) is 23.8 Å². The van der Waals surface area contributed by atoms with Crippen LogP contribution in [0.5, 0.6) is 0 Å². The van der Waals surface area contributed by atoms with E-state index in [9.17, 15) is 24.0 Å². The molecule has 4 amide bonds. The Morgan fingerprint density at radius 3 is 2.03 bits per heavy atom. The summed E-state index contributed by atoms with van der Waals surface area (Å²) in [5.41, 5.74) is 2.22. The first kappa shape index (κ1) is 48.0. The zero-order valence-corrected chi connectivity index (χ0v) is 37.6. The van der Waals surface area contributed by atoms with E-state index in [-0.39, 0.29) is 66.9 Å². The molecule has 4 aliphatic carbocycles. The van der Waals surface area contributed by atoms with Crippen molar-refractivity contribution in [1.29, 1.82) is 0 Å². The van der Waals surface area contributed by atoms with Crippen molar-refractivity contribution in [2.45, 2.75) is 143 Å². The summed E-state index contributed by atoms with van der Waals surface area (Å²) in [4.78, 5) is 61.2. The molecule has 0 spiro atoms. The zero-order chi connectivity index (χ0) is 43.1. The van der Waals surface area contributed by atoms with E-state index in [4.69, 9.17) is 18.9 Å². The van der Waals surface area contributed by atoms with Gasteiger partial charge in [-0.2, -0.15) is 0 Å². The summed E-state index contributed by atoms with van der Waals surface area (Å²) in [6.45, 7) is 16.1. The Balaban J connectivity index is 0.845. The highest BCUT2D eigenvalue weighted by Gasteiger charge is 2.59. The van der Waals surface area contributed by atoms with Gasteiger partial charge >= 0.3 is 5.97 Å². The number of hydrogen-bond acceptors (Lipinski definition) is 9. The quantitative estimate of drug-likeness (QED) is 0.0403. The van der Waals surface area contributed by atoms with Crippen molar-refractivity contribution in [2.75, 3.05) is 59.3 Å². The number of nitrogens with zero attached hydrogens (tertiary/aromatic N) is 1. The van der Waals surface area contributed by atoms with Gasteiger partial charge in [0.15, 0.2) is 0 Å². The van der Waals surface area contributed by atoms with Gasteiger partial charge in [-0.15, -0.1) is 0 Å². The Labute approximate surface area is 360 Å². The number of allylic oxidation sites excluding steroid dienone is 1. The van der Waals surface area contributed by atoms with E-state index in [2.05, 4.69) is 51.3 Å². The van der Waals surface area contributed by atoms with Gasteiger partial charge in [0.2, 0.25) is 11.8 Å². The highest BCUT2D eigenvalue weighted by molar-refractivity contribution is 6.13. The van der Waals surface area contributed by atoms with Crippen molar-refractivity contribution in [3.63, 3.8) is 0 Å². The van der Waals surface area contributed by atoms with Crippen LogP contribution < -0.4 is 10.6 Å². The van der Waals surface area contributed by atoms with Crippen LogP contribution in [0.2, 0.25) is 0 Å². The molecule has 1 heterocycles. The third-order valence-electron chi connectivity index (χ3n) is 14.9. The van der Waals surface area contributed by atoms with E-state index in [0.717, 1.165) is 59.7 Å². The van der Waals surface area contributed by atoms with E-state index >= 15 is 0 Å². The number of nitrogens with one attached hydrogen (secondary N) is 2. The van der Waals surface area contributed by atoms with Crippen LogP contribution in [0.4, 0.5) is 0 Å². The Kier molecular flexibility index (Phi) is 18.7. The lowest BCUT2D eigenvalue weighted by Gasteiger charge is -2.58. The van der Waals surface area contributed by atoms with E-state index < -0.39 is 0 Å². The van der Waals surface area contributed by atoms with Crippen molar-refractivity contribution in [3.05, 3.63) is 23.8 Å². The topological polar surface area (TPSA) is 150 Å². The number of esters is 1. The first-order valence-electron chi connectivity index (χ1n) is 23.5. The van der Waals surface area contributed by atoms with Gasteiger partial charge < -0.3 is 29.6 Å². The molecule has 3 fully saturated rings. The monoisotopic (exact) mass is 840 g/mol. The zero-order valence-electron chi connectivity index (χ0n) is 37.6. The lowest BCUT2D eigenvalue weighted by molar-refractivity contribution is -0.152. The van der Waals surface area contributed by atoms with Gasteiger partial charge in [-0.05, 0) is 104 Å². The van der Waals surface area contributed by atoms with Gasteiger partial charge in [-0.3, -0.25) is 28.9 Å². The van der Waals surface area contributed by atoms with Crippen LogP contribution in [0, 0.1) is 46.3 Å². The SMILES string of the molecule is CC(C)CCC[C@@H](C)[C@H]1CC[C@H]2[C@@H]3CC=C4C[C@@H](OC(=O)CCC(=O)NCCCOCCOCCOCCCNC(=O)CCN5C(=O)C=CC5=O)CC[C@]4(C)[C@H]3CC[C@]12C. The summed E-state index contributed by atoms with van der Waals surface area (Å²) in [5, 5.41) is 5.63. The molecule has 60 heavy (non-hydrogen) atoms. The largest absolute Gasteiger partial charge is 0.462 e. The first-order chi connectivity index (χ1) is 28.8. The number of ether oxygens (including phenoxy) is 4. The average Bonchev–Trinajstić information content (AvgIpc) is 3.74. The van der Waals surface area contributed by atoms with Gasteiger partial charge in [-0.1, -0.05) is 65.5 Å². The number of imide groups is 1. The molecule has 1 aliphatic heterocycles. The number of amides is 4. The summed E-state index contributed by atoms with van der Waals surface area (Å²) < 4.78 is 22.6. The van der Waals surface area contributed by atoms with Crippen LogP contribution in [0.25, 0.3) is 0 Å². The second kappa shape index (κ2) is 23.4. The number of carbonyl (C=O) groups is 5. The summed E-state index contributed by atoms with van der Waals surface area (Å²) in [6, 6.07) is 0. The Morgan fingerprint density at radius 1 is 0.750 bits per heavy atom. The standard InChI is InChI=1S/C48H77N3O9/c1-34(2)9-6-10-35(3)39-13-14-40-38-12-11-36-33-37(19-22-47(36,4)41(38)20-23-48(39,40)5)60-46(56)18-15-42(52)49-24-7-27-57-29-31-59-32-30-58-28-8-25-50-43(53)21-26-51-44(54)16-17-45(51)55/h11,16-17,34-35,37-41H,6-10,12-15,18-33H2,1-5H3,(H,49,52)(H,50,53)/t35-,37+,38+,39-,40+,41+,47+,48-/m1/s1. The predicted octanol–water partition coefficient (Wildman–Crippen LogP) is 7.10. The first-order valence-corrected chi connectivity index (χ1v) is 23.5. The van der Waals surface area contributed by atoms with E-state index in [0.29, 0.717) is 71.0 Å². The molecular weight excluding hydrogens is 763 g/mol. The Hall–Kier alpha value is -3.09. The molecule has 0 bridgehead atoms. The fourth-order valence-electron chi connectivity index (χ4n) is 11.6. The summed E-state index contributed by atoms with van der Waals surface area (Å²) in [7, 11) is 0. The third-order valence-corrected chi connectivity index (χ3v) is 14.9. The van der Waals surface area contributed by atoms with Crippen LogP contribution >= 0.6 is 0 Å². The molecule has 5 rings (SSSR count). The highest BCUT2D eigenvalue weighted by Crippen LogP contribution is 2.67. The van der Waals surface area contributed by atoms with E-state index in [1.54, 1.807) is 0 Å². The van der Waals surface area contributed by atoms with Gasteiger partial charge in [0.1, 0.15) is 6.10 Å². The molecule has 0 unspecified atom stereocenters. The fraction of sp³-hybridized carbons (Fsp3) is 0.812. The summed E-state index contributed by atoms with van der Waals surface area (Å²) in [6.07, 6.45) is 20.1. The molecule has 0 aromatic rings. The number of carbonyl (C=O) groups excluding carboxylic acids is 5. The average molecular weight is 840 g/mol. The molecule has 2 N–H and O–H groups in total. The minimum Gasteiger partial charge on any atom is -0.462 e. The van der Waals surface area contributed by atoms with Crippen LogP contribution in [0.3, 0.4) is 0 Å². The maximum atomic E-state index is 12.8. The number of fused-ring (bicyclic) bond motifs is 5. The number of hydrogen-bond donors (Lipinski definition) is 2. The lowest BCUT2D eigenvalue weighted by Crippen LogP contribution is -2.51. The smallest absolute Gasteiger partial charge is 0.306 e. The van der Waals surface area contributed by atoms with Crippen molar-refractivity contribution in [2.24, 2.45) is 46.3 Å². The second-order valence-corrected chi connectivity index (χ2v) is 19.3. The molecule has 338 valence electrons. The van der Waals surface area contributed by atoms with Crippen molar-refractivity contribution in [3.8, 4) is 0 Å². The summed E-state index contributed by atoms with van der Waals surface area (Å²) >= 11 is 0. The lowest BCUT2D eigenvalue weighted by atomic mass is 9.47. The maximum absolute atomic E-state index is 12.8. The van der Waals surface area contributed by atoms with Gasteiger partial charge in [0, 0.05) is 64.3 Å². The minimum atomic E-state index is -0.389. The van der Waals surface area contributed by atoms with Gasteiger partial charge in [0.05, 0.1) is 32.8 Å². The van der Waals surface area contributed by atoms with Crippen LogP contribution in [-0.2, 0) is 42.9 Å². The van der Waals surface area contributed by atoms with Crippen molar-refractivity contribution < 1.29 is 42.9 Å². The van der Waals surface area contributed by atoms with Gasteiger partial charge in [-0.25, -0.2) is 0 Å². The van der Waals surface area contributed by atoms with Crippen LogP contribution in [-0.4, -0.2) is 99.9 Å². The molecule has 3 saturated carbocycles. The third kappa shape index (κ3) is 13.2. The normalized spacial score (nSPS) is 28.9. The van der Waals surface area contributed by atoms with Crippen molar-refractivity contribution in [1.82, 2.24) is 15.5 Å². The Bertz CT molecular complexity index is 1490. The molecular formula is C48H77N3O9. The molecule has 0 aromatic carbocycles. The van der Waals surface area contributed by atoms with Gasteiger partial charge in [0.25, 0.3) is 11.8 Å². The summed E-state index contributed by atoms with van der Waals surface area (Å²) in [5.74, 6) is 3.43. The molecule has 5 aliphatic rings. The molecule has 12 heteroatoms. The van der Waals surface area contributed by atoms with E-state index in [1.807, 2.05) is 0 Å². The predicted molar refractivity (Wildman–Crippen MR) is 230 cm³/mol. The fourth-order valence-corrected chi connectivity index (χ4v) is 11.6. The number of rotatable bonds is 26. The van der Waals surface area contributed by atoms with Crippen LogP contribution in [0.1, 0.15) is 137 Å². The highest BCUT2D eigenvalue weighted by atomic mass is 16.5. The molecule has 0 saturated heterocycles. The Morgan fingerprint density at radius 2 is 1.38 bits per heavy atom. The van der Waals surface area contributed by atoms with Crippen molar-refractivity contribution >= 4 is 29.6 Å². The second-order valence-electron chi connectivity index (χ2n) is 19.3. The minimum absolute atomic E-state index is 0.0707. The maximum Gasteiger partial charge on any atom is 0.306 e. The molecule has 0 aromatic heterocycles. The van der Waals surface area contributed by atoms with E-state index in [1.165, 1.54) is 69.1 Å². The molecule has 12 nitrogen and oxygen atoms in total.